The van der Waals surface area contributed by atoms with Gasteiger partial charge in [-0.15, -0.1) is 0 Å². The molecule has 2 heterocycles. The fourth-order valence-electron chi connectivity index (χ4n) is 6.18. The molecule has 1 saturated heterocycles. The Hall–Kier alpha value is -3.73. The van der Waals surface area contributed by atoms with Crippen LogP contribution >= 0.6 is 0 Å². The van der Waals surface area contributed by atoms with Gasteiger partial charge in [-0.05, 0) is 49.9 Å². The first-order valence-corrected chi connectivity index (χ1v) is 15.6. The number of hydrogen-bond donors (Lipinski definition) is 2. The van der Waals surface area contributed by atoms with Gasteiger partial charge in [0.2, 0.25) is 24.1 Å². The second-order valence-corrected chi connectivity index (χ2v) is 11.8. The SMILES string of the molecule is CCC(=O)N[C@@H](C(=O)N1CCN(C)CC1)[C@@H](C)c1ccc(NC(=O)[C@H](C2CCCCC2)N(C=O)c2conc2CC)cc1. The number of aryl methyl sites for hydroxylation is 1. The van der Waals surface area contributed by atoms with E-state index in [4.69, 9.17) is 4.52 Å². The first-order valence-electron chi connectivity index (χ1n) is 15.6. The van der Waals surface area contributed by atoms with E-state index in [1.54, 1.807) is 6.92 Å². The molecule has 1 aromatic carbocycles. The zero-order valence-electron chi connectivity index (χ0n) is 25.9. The summed E-state index contributed by atoms with van der Waals surface area (Å²) in [5.41, 5.74) is 2.62. The Balaban J connectivity index is 1.52. The number of carbonyl (C=O) groups excluding carboxylic acids is 4. The van der Waals surface area contributed by atoms with Crippen molar-refractivity contribution in [3.63, 3.8) is 0 Å². The minimum Gasteiger partial charge on any atom is -0.362 e. The second-order valence-electron chi connectivity index (χ2n) is 11.8. The highest BCUT2D eigenvalue weighted by Gasteiger charge is 2.37. The third-order valence-electron chi connectivity index (χ3n) is 8.94. The van der Waals surface area contributed by atoms with Crippen LogP contribution in [-0.2, 0) is 25.6 Å². The van der Waals surface area contributed by atoms with Crippen molar-refractivity contribution in [2.45, 2.75) is 83.7 Å². The van der Waals surface area contributed by atoms with E-state index in [2.05, 4.69) is 20.7 Å². The topological polar surface area (TPSA) is 128 Å². The highest BCUT2D eigenvalue weighted by atomic mass is 16.5. The van der Waals surface area contributed by atoms with Crippen molar-refractivity contribution in [1.29, 1.82) is 0 Å². The molecule has 11 nitrogen and oxygen atoms in total. The van der Waals surface area contributed by atoms with Crippen LogP contribution < -0.4 is 15.5 Å². The highest BCUT2D eigenvalue weighted by molar-refractivity contribution is 6.00. The number of nitrogens with zero attached hydrogens (tertiary/aromatic N) is 4. The van der Waals surface area contributed by atoms with E-state index >= 15 is 0 Å². The molecule has 0 radical (unpaired) electrons. The standard InChI is InChI=1S/C32H46N6O5/c1-5-26-27(20-43-35-26)38(21-39)30(24-10-8-7-9-11-24)31(41)33-25-14-12-23(13-15-25)22(3)29(34-28(40)6-2)32(42)37-18-16-36(4)17-19-37/h12-15,20-22,24,29-30H,5-11,16-19H2,1-4H3,(H,33,41)(H,34,40)/t22-,29+,30-/m0/s1. The van der Waals surface area contributed by atoms with Crippen LogP contribution in [0.1, 0.15) is 76.5 Å². The van der Waals surface area contributed by atoms with Crippen molar-refractivity contribution < 1.29 is 23.7 Å². The molecule has 0 bridgehead atoms. The third-order valence-corrected chi connectivity index (χ3v) is 8.94. The molecule has 1 aromatic heterocycles. The van der Waals surface area contributed by atoms with Gasteiger partial charge in [0, 0.05) is 44.2 Å². The molecule has 1 aliphatic carbocycles. The first-order chi connectivity index (χ1) is 20.8. The number of benzene rings is 1. The summed E-state index contributed by atoms with van der Waals surface area (Å²) >= 11 is 0. The maximum Gasteiger partial charge on any atom is 0.247 e. The van der Waals surface area contributed by atoms with Gasteiger partial charge in [0.05, 0.1) is 0 Å². The molecule has 1 saturated carbocycles. The number of rotatable bonds is 12. The normalized spacial score (nSPS) is 18.4. The molecule has 2 aromatic rings. The molecule has 2 N–H and O–H groups in total. The van der Waals surface area contributed by atoms with Crippen molar-refractivity contribution in [3.05, 3.63) is 41.8 Å². The van der Waals surface area contributed by atoms with Crippen LogP contribution in [0.25, 0.3) is 0 Å². The molecule has 2 aliphatic rings. The lowest BCUT2D eigenvalue weighted by Crippen LogP contribution is -2.55. The summed E-state index contributed by atoms with van der Waals surface area (Å²) in [7, 11) is 2.03. The van der Waals surface area contributed by atoms with Crippen LogP contribution in [-0.4, -0.2) is 84.4 Å². The van der Waals surface area contributed by atoms with Gasteiger partial charge in [-0.2, -0.15) is 0 Å². The van der Waals surface area contributed by atoms with Crippen LogP contribution in [0.15, 0.2) is 35.1 Å². The van der Waals surface area contributed by atoms with Gasteiger partial charge in [-0.25, -0.2) is 0 Å². The summed E-state index contributed by atoms with van der Waals surface area (Å²) in [6.45, 7) is 8.48. The summed E-state index contributed by atoms with van der Waals surface area (Å²) in [4.78, 5) is 57.6. The van der Waals surface area contributed by atoms with Gasteiger partial charge in [0.1, 0.15) is 29.7 Å². The van der Waals surface area contributed by atoms with Gasteiger partial charge in [0.25, 0.3) is 0 Å². The Morgan fingerprint density at radius 2 is 1.74 bits per heavy atom. The van der Waals surface area contributed by atoms with E-state index in [0.717, 1.165) is 50.8 Å². The molecule has 1 aliphatic heterocycles. The van der Waals surface area contributed by atoms with E-state index in [1.807, 2.05) is 50.1 Å². The van der Waals surface area contributed by atoms with E-state index in [0.29, 0.717) is 49.4 Å². The molecule has 3 atom stereocenters. The Kier molecular flexibility index (Phi) is 11.3. The number of nitrogens with one attached hydrogen (secondary N) is 2. The van der Waals surface area contributed by atoms with Gasteiger partial charge in [-0.3, -0.25) is 24.1 Å². The van der Waals surface area contributed by atoms with Crippen molar-refractivity contribution in [2.75, 3.05) is 43.4 Å². The lowest BCUT2D eigenvalue weighted by molar-refractivity contribution is -0.138. The summed E-state index contributed by atoms with van der Waals surface area (Å²) in [5, 5.41) is 10.00. The first kappa shape index (κ1) is 32.2. The lowest BCUT2D eigenvalue weighted by Gasteiger charge is -2.36. The van der Waals surface area contributed by atoms with Gasteiger partial charge >= 0.3 is 0 Å². The van der Waals surface area contributed by atoms with Crippen LogP contribution in [0, 0.1) is 5.92 Å². The molecule has 4 amide bonds. The summed E-state index contributed by atoms with van der Waals surface area (Å²) in [6.07, 6.45) is 7.87. The molecule has 0 spiro atoms. The number of amides is 4. The van der Waals surface area contributed by atoms with Gasteiger partial charge in [-0.1, -0.05) is 57.3 Å². The maximum atomic E-state index is 13.8. The second kappa shape index (κ2) is 15.1. The minimum atomic E-state index is -0.698. The van der Waals surface area contributed by atoms with E-state index in [9.17, 15) is 19.2 Å². The average molecular weight is 595 g/mol. The number of carbonyl (C=O) groups is 4. The fraction of sp³-hybridized carbons (Fsp3) is 0.594. The minimum absolute atomic E-state index is 0.0152. The largest absolute Gasteiger partial charge is 0.362 e. The molecule has 11 heteroatoms. The molecule has 234 valence electrons. The van der Waals surface area contributed by atoms with Gasteiger partial charge < -0.3 is 25.0 Å². The molecule has 0 unspecified atom stereocenters. The predicted octanol–water partition coefficient (Wildman–Crippen LogP) is 3.56. The van der Waals surface area contributed by atoms with Crippen molar-refractivity contribution in [1.82, 2.24) is 20.3 Å². The van der Waals surface area contributed by atoms with Crippen LogP contribution in [0.2, 0.25) is 0 Å². The molecular formula is C32H46N6O5. The van der Waals surface area contributed by atoms with Crippen molar-refractivity contribution in [2.24, 2.45) is 5.92 Å². The molecule has 4 rings (SSSR count). The van der Waals surface area contributed by atoms with Crippen LogP contribution in [0.5, 0.6) is 0 Å². The number of piperazine rings is 1. The number of anilines is 2. The van der Waals surface area contributed by atoms with Crippen molar-refractivity contribution in [3.8, 4) is 0 Å². The third kappa shape index (κ3) is 7.81. The number of hydrogen-bond acceptors (Lipinski definition) is 7. The van der Waals surface area contributed by atoms with Crippen molar-refractivity contribution >= 4 is 35.5 Å². The summed E-state index contributed by atoms with van der Waals surface area (Å²) in [5.74, 6) is -0.781. The number of aromatic nitrogens is 1. The summed E-state index contributed by atoms with van der Waals surface area (Å²) < 4.78 is 5.16. The lowest BCUT2D eigenvalue weighted by atomic mass is 9.82. The summed E-state index contributed by atoms with van der Waals surface area (Å²) in [6, 6.07) is 5.99. The molecular weight excluding hydrogens is 548 g/mol. The smallest absolute Gasteiger partial charge is 0.247 e. The van der Waals surface area contributed by atoms with Gasteiger partial charge in [0.15, 0.2) is 0 Å². The average Bonchev–Trinajstić information content (AvgIpc) is 3.51. The Labute approximate surface area is 254 Å². The Morgan fingerprint density at radius 1 is 1.07 bits per heavy atom. The van der Waals surface area contributed by atoms with E-state index in [1.165, 1.54) is 11.2 Å². The quantitative estimate of drug-likeness (QED) is 0.360. The molecule has 2 fully saturated rings. The monoisotopic (exact) mass is 594 g/mol. The Bertz CT molecular complexity index is 1230. The molecule has 43 heavy (non-hydrogen) atoms. The maximum absolute atomic E-state index is 13.8. The van der Waals surface area contributed by atoms with E-state index in [-0.39, 0.29) is 29.6 Å². The Morgan fingerprint density at radius 3 is 2.35 bits per heavy atom. The predicted molar refractivity (Wildman–Crippen MR) is 165 cm³/mol. The van der Waals surface area contributed by atoms with Crippen LogP contribution in [0.4, 0.5) is 11.4 Å². The fourth-order valence-corrected chi connectivity index (χ4v) is 6.18. The van der Waals surface area contributed by atoms with E-state index < -0.39 is 12.1 Å². The number of likely N-dealkylation sites (N-methyl/N-ethyl adjacent to an activating group) is 1. The van der Waals surface area contributed by atoms with Crippen LogP contribution in [0.3, 0.4) is 0 Å². The zero-order valence-corrected chi connectivity index (χ0v) is 25.9. The zero-order chi connectivity index (χ0) is 30.9. The highest BCUT2D eigenvalue weighted by Crippen LogP contribution is 2.33.